The first-order valence-corrected chi connectivity index (χ1v) is 10.1. The van der Waals surface area contributed by atoms with E-state index < -0.39 is 10.0 Å². The van der Waals surface area contributed by atoms with Gasteiger partial charge in [-0.25, -0.2) is 8.42 Å². The number of anilines is 2. The topological polar surface area (TPSA) is 75.7 Å². The molecular formula is C17H17BrN2O4S. The van der Waals surface area contributed by atoms with Gasteiger partial charge in [-0.1, -0.05) is 12.1 Å². The number of hydrogen-bond donors (Lipinski definition) is 1. The predicted molar refractivity (Wildman–Crippen MR) is 101 cm³/mol. The highest BCUT2D eigenvalue weighted by atomic mass is 79.9. The standard InChI is InChI=1S/C17H17BrN2O4S/c1-24-16-8-7-12(20-9-4-10-25(20,22)23)11-15(16)19-17(21)13-5-2-3-6-14(13)18/h2-3,5-8,11H,4,9-10H2,1H3,(H,19,21). The zero-order chi connectivity index (χ0) is 18.0. The van der Waals surface area contributed by atoms with Crippen LogP contribution in [0.2, 0.25) is 0 Å². The Morgan fingerprint density at radius 2 is 2.00 bits per heavy atom. The molecule has 3 rings (SSSR count). The lowest BCUT2D eigenvalue weighted by molar-refractivity contribution is 0.102. The SMILES string of the molecule is COc1ccc(N2CCCS2(=O)=O)cc1NC(=O)c1ccccc1Br. The molecule has 1 amide bonds. The molecule has 132 valence electrons. The summed E-state index contributed by atoms with van der Waals surface area (Å²) in [5.74, 6) is 0.283. The molecule has 0 radical (unpaired) electrons. The second-order valence-corrected chi connectivity index (χ2v) is 8.43. The number of sulfonamides is 1. The molecule has 0 unspecified atom stereocenters. The lowest BCUT2D eigenvalue weighted by atomic mass is 10.2. The van der Waals surface area contributed by atoms with E-state index in [0.29, 0.717) is 40.1 Å². The summed E-state index contributed by atoms with van der Waals surface area (Å²) in [6, 6.07) is 12.0. The molecule has 1 aliphatic heterocycles. The molecule has 6 nitrogen and oxygen atoms in total. The van der Waals surface area contributed by atoms with Gasteiger partial charge in [0.15, 0.2) is 0 Å². The number of hydrogen-bond acceptors (Lipinski definition) is 4. The highest BCUT2D eigenvalue weighted by Gasteiger charge is 2.29. The maximum absolute atomic E-state index is 12.5. The largest absolute Gasteiger partial charge is 0.495 e. The van der Waals surface area contributed by atoms with Crippen LogP contribution in [0.15, 0.2) is 46.9 Å². The number of nitrogens with one attached hydrogen (secondary N) is 1. The van der Waals surface area contributed by atoms with Crippen molar-refractivity contribution in [2.24, 2.45) is 0 Å². The summed E-state index contributed by atoms with van der Waals surface area (Å²) >= 11 is 3.35. The molecule has 1 aliphatic rings. The van der Waals surface area contributed by atoms with Crippen LogP contribution in [0.3, 0.4) is 0 Å². The van der Waals surface area contributed by atoms with Crippen LogP contribution in [-0.4, -0.2) is 33.7 Å². The Morgan fingerprint density at radius 3 is 2.64 bits per heavy atom. The first kappa shape index (κ1) is 17.8. The van der Waals surface area contributed by atoms with Gasteiger partial charge in [0.1, 0.15) is 5.75 Å². The molecule has 0 bridgehead atoms. The van der Waals surface area contributed by atoms with Gasteiger partial charge in [-0.15, -0.1) is 0 Å². The Labute approximate surface area is 155 Å². The summed E-state index contributed by atoms with van der Waals surface area (Å²) in [5.41, 5.74) is 1.41. The molecule has 0 aromatic heterocycles. The van der Waals surface area contributed by atoms with Crippen LogP contribution in [0.5, 0.6) is 5.75 Å². The third-order valence-electron chi connectivity index (χ3n) is 3.94. The number of ether oxygens (including phenoxy) is 1. The van der Waals surface area contributed by atoms with Gasteiger partial charge < -0.3 is 10.1 Å². The molecule has 1 heterocycles. The summed E-state index contributed by atoms with van der Waals surface area (Å²) < 4.78 is 31.6. The van der Waals surface area contributed by atoms with Crippen LogP contribution >= 0.6 is 15.9 Å². The van der Waals surface area contributed by atoms with Crippen LogP contribution < -0.4 is 14.4 Å². The summed E-state index contributed by atoms with van der Waals surface area (Å²) in [5, 5.41) is 2.79. The fraction of sp³-hybridized carbons (Fsp3) is 0.235. The quantitative estimate of drug-likeness (QED) is 0.816. The molecule has 8 heteroatoms. The highest BCUT2D eigenvalue weighted by Crippen LogP contribution is 2.33. The summed E-state index contributed by atoms with van der Waals surface area (Å²) in [7, 11) is -1.80. The Morgan fingerprint density at radius 1 is 1.24 bits per heavy atom. The highest BCUT2D eigenvalue weighted by molar-refractivity contribution is 9.10. The number of nitrogens with zero attached hydrogens (tertiary/aromatic N) is 1. The molecule has 0 aliphatic carbocycles. The summed E-state index contributed by atoms with van der Waals surface area (Å²) in [6.07, 6.45) is 0.590. The second kappa shape index (κ2) is 7.05. The Hall–Kier alpha value is -2.06. The van der Waals surface area contributed by atoms with E-state index in [2.05, 4.69) is 21.2 Å². The van der Waals surface area contributed by atoms with Gasteiger partial charge >= 0.3 is 0 Å². The predicted octanol–water partition coefficient (Wildman–Crippen LogP) is 3.25. The maximum atomic E-state index is 12.5. The second-order valence-electron chi connectivity index (χ2n) is 5.56. The van der Waals surface area contributed by atoms with E-state index in [0.717, 1.165) is 0 Å². The number of carbonyl (C=O) groups is 1. The van der Waals surface area contributed by atoms with Crippen molar-refractivity contribution in [2.75, 3.05) is 29.0 Å². The number of rotatable bonds is 4. The van der Waals surface area contributed by atoms with Crippen molar-refractivity contribution in [3.8, 4) is 5.75 Å². The molecule has 0 saturated carbocycles. The fourth-order valence-corrected chi connectivity index (χ4v) is 4.73. The van der Waals surface area contributed by atoms with E-state index >= 15 is 0 Å². The van der Waals surface area contributed by atoms with E-state index in [9.17, 15) is 13.2 Å². The molecule has 1 fully saturated rings. The molecule has 2 aromatic rings. The lowest BCUT2D eigenvalue weighted by Crippen LogP contribution is -2.25. The van der Waals surface area contributed by atoms with E-state index in [-0.39, 0.29) is 11.7 Å². The van der Waals surface area contributed by atoms with Gasteiger partial charge in [0.05, 0.1) is 29.8 Å². The van der Waals surface area contributed by atoms with Crippen LogP contribution in [-0.2, 0) is 10.0 Å². The van der Waals surface area contributed by atoms with Crippen LogP contribution in [0, 0.1) is 0 Å². The van der Waals surface area contributed by atoms with Crippen molar-refractivity contribution in [3.05, 3.63) is 52.5 Å². The van der Waals surface area contributed by atoms with E-state index in [1.807, 2.05) is 6.07 Å². The Kier molecular flexibility index (Phi) is 5.01. The van der Waals surface area contributed by atoms with Gasteiger partial charge in [-0.3, -0.25) is 9.10 Å². The van der Waals surface area contributed by atoms with Crippen LogP contribution in [0.25, 0.3) is 0 Å². The Bertz CT molecular complexity index is 915. The molecule has 1 N–H and O–H groups in total. The van der Waals surface area contributed by atoms with Crippen molar-refractivity contribution in [3.63, 3.8) is 0 Å². The Balaban J connectivity index is 1.94. The molecule has 25 heavy (non-hydrogen) atoms. The van der Waals surface area contributed by atoms with Gasteiger partial charge in [0.2, 0.25) is 10.0 Å². The fourth-order valence-electron chi connectivity index (χ4n) is 2.71. The lowest BCUT2D eigenvalue weighted by Gasteiger charge is -2.19. The van der Waals surface area contributed by atoms with Gasteiger partial charge in [0.25, 0.3) is 5.91 Å². The van der Waals surface area contributed by atoms with E-state index in [1.54, 1.807) is 36.4 Å². The minimum atomic E-state index is -3.29. The first-order valence-electron chi connectivity index (χ1n) is 7.67. The van der Waals surface area contributed by atoms with Crippen molar-refractivity contribution in [1.29, 1.82) is 0 Å². The summed E-state index contributed by atoms with van der Waals surface area (Å²) in [4.78, 5) is 12.5. The maximum Gasteiger partial charge on any atom is 0.256 e. The van der Waals surface area contributed by atoms with Crippen molar-refractivity contribution in [2.45, 2.75) is 6.42 Å². The number of halogens is 1. The van der Waals surface area contributed by atoms with Crippen molar-refractivity contribution >= 4 is 43.2 Å². The third kappa shape index (κ3) is 3.64. The van der Waals surface area contributed by atoms with Gasteiger partial charge in [-0.2, -0.15) is 0 Å². The van der Waals surface area contributed by atoms with Gasteiger partial charge in [0, 0.05) is 11.0 Å². The molecule has 2 aromatic carbocycles. The average molecular weight is 425 g/mol. The number of benzene rings is 2. The van der Waals surface area contributed by atoms with E-state index in [1.165, 1.54) is 11.4 Å². The zero-order valence-corrected chi connectivity index (χ0v) is 15.9. The van der Waals surface area contributed by atoms with Gasteiger partial charge in [-0.05, 0) is 52.7 Å². The third-order valence-corrected chi connectivity index (χ3v) is 6.50. The molecular weight excluding hydrogens is 408 g/mol. The number of amides is 1. The normalized spacial score (nSPS) is 15.8. The number of methoxy groups -OCH3 is 1. The zero-order valence-electron chi connectivity index (χ0n) is 13.5. The first-order chi connectivity index (χ1) is 11.9. The van der Waals surface area contributed by atoms with Crippen molar-refractivity contribution in [1.82, 2.24) is 0 Å². The minimum absolute atomic E-state index is 0.137. The smallest absolute Gasteiger partial charge is 0.256 e. The summed E-state index contributed by atoms with van der Waals surface area (Å²) in [6.45, 7) is 0.437. The monoisotopic (exact) mass is 424 g/mol. The average Bonchev–Trinajstić information content (AvgIpc) is 2.94. The van der Waals surface area contributed by atoms with Crippen LogP contribution in [0.1, 0.15) is 16.8 Å². The number of carbonyl (C=O) groups excluding carboxylic acids is 1. The molecule has 1 saturated heterocycles. The minimum Gasteiger partial charge on any atom is -0.495 e. The molecule has 0 spiro atoms. The molecule has 0 atom stereocenters. The van der Waals surface area contributed by atoms with Crippen LogP contribution in [0.4, 0.5) is 11.4 Å². The van der Waals surface area contributed by atoms with E-state index in [4.69, 9.17) is 4.74 Å². The van der Waals surface area contributed by atoms with Crippen molar-refractivity contribution < 1.29 is 17.9 Å².